The lowest BCUT2D eigenvalue weighted by Gasteiger charge is -2.17. The molecule has 4 nitrogen and oxygen atoms in total. The van der Waals surface area contributed by atoms with Crippen LogP contribution in [0.15, 0.2) is 18.5 Å². The molecule has 1 aromatic rings. The van der Waals surface area contributed by atoms with E-state index >= 15 is 0 Å². The summed E-state index contributed by atoms with van der Waals surface area (Å²) < 4.78 is 0. The lowest BCUT2D eigenvalue weighted by molar-refractivity contribution is 0.277. The molecule has 0 amide bonds. The van der Waals surface area contributed by atoms with Gasteiger partial charge in [-0.25, -0.2) is 9.97 Å². The molecule has 0 aromatic carbocycles. The van der Waals surface area contributed by atoms with Crippen LogP contribution in [0.1, 0.15) is 12.2 Å². The highest BCUT2D eigenvalue weighted by Crippen LogP contribution is 2.00. The molecule has 4 heteroatoms. The van der Waals surface area contributed by atoms with E-state index in [2.05, 4.69) is 20.2 Å². The summed E-state index contributed by atoms with van der Waals surface area (Å²) in [6.07, 6.45) is 4.82. The number of hydrogen-bond acceptors (Lipinski definition) is 4. The molecule has 0 atom stereocenters. The fourth-order valence-corrected chi connectivity index (χ4v) is 1.67. The zero-order chi connectivity index (χ0) is 9.64. The van der Waals surface area contributed by atoms with Gasteiger partial charge in [0.2, 0.25) is 0 Å². The molecule has 1 N–H and O–H groups in total. The largest absolute Gasteiger partial charge is 0.315 e. The maximum atomic E-state index is 4.23. The second kappa shape index (κ2) is 5.02. The summed E-state index contributed by atoms with van der Waals surface area (Å²) in [5, 5.41) is 3.38. The van der Waals surface area contributed by atoms with Crippen molar-refractivity contribution < 1.29 is 0 Å². The lowest BCUT2D eigenvalue weighted by atomic mass is 10.4. The van der Waals surface area contributed by atoms with E-state index < -0.39 is 0 Å². The monoisotopic (exact) mass is 192 g/mol. The van der Waals surface area contributed by atoms with Crippen LogP contribution in [0.2, 0.25) is 0 Å². The first-order valence-corrected chi connectivity index (χ1v) is 5.14. The maximum absolute atomic E-state index is 4.23. The molecule has 0 radical (unpaired) electrons. The predicted molar refractivity (Wildman–Crippen MR) is 54.8 cm³/mol. The number of aromatic nitrogens is 2. The molecule has 1 aliphatic rings. The first-order chi connectivity index (χ1) is 6.95. The second-order valence-corrected chi connectivity index (χ2v) is 3.54. The van der Waals surface area contributed by atoms with Crippen molar-refractivity contribution in [1.29, 1.82) is 0 Å². The van der Waals surface area contributed by atoms with E-state index in [0.29, 0.717) is 0 Å². The van der Waals surface area contributed by atoms with Gasteiger partial charge in [0, 0.05) is 25.5 Å². The van der Waals surface area contributed by atoms with Crippen LogP contribution >= 0.6 is 0 Å². The summed E-state index contributed by atoms with van der Waals surface area (Å²) >= 11 is 0. The second-order valence-electron chi connectivity index (χ2n) is 3.54. The smallest absolute Gasteiger partial charge is 0.142 e. The predicted octanol–water partition coefficient (Wildman–Crippen LogP) is 0.272. The Bertz CT molecular complexity index is 254. The Balaban J connectivity index is 1.90. The van der Waals surface area contributed by atoms with Crippen LogP contribution < -0.4 is 5.32 Å². The van der Waals surface area contributed by atoms with E-state index in [1.165, 1.54) is 6.42 Å². The Morgan fingerprint density at radius 1 is 1.21 bits per heavy atom. The van der Waals surface area contributed by atoms with Gasteiger partial charge >= 0.3 is 0 Å². The van der Waals surface area contributed by atoms with Gasteiger partial charge in [-0.05, 0) is 25.6 Å². The van der Waals surface area contributed by atoms with Crippen molar-refractivity contribution in [3.05, 3.63) is 24.3 Å². The Labute approximate surface area is 84.4 Å². The van der Waals surface area contributed by atoms with Gasteiger partial charge < -0.3 is 5.32 Å². The van der Waals surface area contributed by atoms with Gasteiger partial charge in [0.05, 0.1) is 6.54 Å². The topological polar surface area (TPSA) is 41.1 Å². The van der Waals surface area contributed by atoms with Gasteiger partial charge in [0.1, 0.15) is 5.82 Å². The number of hydrogen-bond donors (Lipinski definition) is 1. The van der Waals surface area contributed by atoms with Crippen LogP contribution in [-0.4, -0.2) is 41.0 Å². The van der Waals surface area contributed by atoms with Crippen molar-refractivity contribution in [2.75, 3.05) is 26.2 Å². The highest BCUT2D eigenvalue weighted by atomic mass is 15.2. The van der Waals surface area contributed by atoms with E-state index in [9.17, 15) is 0 Å². The van der Waals surface area contributed by atoms with E-state index in [1.54, 1.807) is 12.4 Å². The van der Waals surface area contributed by atoms with Crippen molar-refractivity contribution in [3.63, 3.8) is 0 Å². The molecule has 0 spiro atoms. The van der Waals surface area contributed by atoms with Crippen molar-refractivity contribution in [2.24, 2.45) is 0 Å². The molecule has 1 aliphatic heterocycles. The zero-order valence-corrected chi connectivity index (χ0v) is 8.32. The van der Waals surface area contributed by atoms with E-state index in [4.69, 9.17) is 0 Å². The fraction of sp³-hybridized carbons (Fsp3) is 0.600. The van der Waals surface area contributed by atoms with Crippen LogP contribution in [-0.2, 0) is 6.54 Å². The summed E-state index contributed by atoms with van der Waals surface area (Å²) in [5.41, 5.74) is 0. The molecule has 2 heterocycles. The molecule has 2 rings (SSSR count). The summed E-state index contributed by atoms with van der Waals surface area (Å²) in [4.78, 5) is 10.9. The van der Waals surface area contributed by atoms with Crippen LogP contribution in [0.3, 0.4) is 0 Å². The van der Waals surface area contributed by atoms with Gasteiger partial charge in [-0.1, -0.05) is 0 Å². The van der Waals surface area contributed by atoms with E-state index in [-0.39, 0.29) is 0 Å². The SMILES string of the molecule is c1cnc(CN2CCCNCC2)nc1. The molecule has 1 saturated heterocycles. The lowest BCUT2D eigenvalue weighted by Crippen LogP contribution is -2.28. The van der Waals surface area contributed by atoms with Crippen LogP contribution in [0, 0.1) is 0 Å². The van der Waals surface area contributed by atoms with Crippen LogP contribution in [0.4, 0.5) is 0 Å². The molecule has 1 fully saturated rings. The third-order valence-electron chi connectivity index (χ3n) is 2.42. The minimum absolute atomic E-state index is 0.878. The summed E-state index contributed by atoms with van der Waals surface area (Å²) in [6, 6.07) is 1.85. The summed E-state index contributed by atoms with van der Waals surface area (Å²) in [7, 11) is 0. The van der Waals surface area contributed by atoms with Gasteiger partial charge in [-0.15, -0.1) is 0 Å². The molecule has 0 unspecified atom stereocenters. The number of nitrogens with zero attached hydrogens (tertiary/aromatic N) is 3. The van der Waals surface area contributed by atoms with Crippen LogP contribution in [0.5, 0.6) is 0 Å². The minimum atomic E-state index is 0.878. The fourth-order valence-electron chi connectivity index (χ4n) is 1.67. The number of nitrogens with one attached hydrogen (secondary N) is 1. The molecule has 0 aliphatic carbocycles. The average molecular weight is 192 g/mol. The van der Waals surface area contributed by atoms with Crippen molar-refractivity contribution >= 4 is 0 Å². The Morgan fingerprint density at radius 2 is 2.07 bits per heavy atom. The zero-order valence-electron chi connectivity index (χ0n) is 8.32. The Morgan fingerprint density at radius 3 is 2.93 bits per heavy atom. The molecule has 76 valence electrons. The molecule has 1 aromatic heterocycles. The minimum Gasteiger partial charge on any atom is -0.315 e. The number of rotatable bonds is 2. The molecule has 14 heavy (non-hydrogen) atoms. The van der Waals surface area contributed by atoms with Crippen LogP contribution in [0.25, 0.3) is 0 Å². The Kier molecular flexibility index (Phi) is 3.43. The van der Waals surface area contributed by atoms with Crippen molar-refractivity contribution in [1.82, 2.24) is 20.2 Å². The third-order valence-corrected chi connectivity index (χ3v) is 2.42. The Hall–Kier alpha value is -1.00. The van der Waals surface area contributed by atoms with Gasteiger partial charge in [-0.2, -0.15) is 0 Å². The van der Waals surface area contributed by atoms with Gasteiger partial charge in [0.25, 0.3) is 0 Å². The van der Waals surface area contributed by atoms with E-state index in [1.807, 2.05) is 6.07 Å². The molecule has 0 saturated carbocycles. The average Bonchev–Trinajstić information content (AvgIpc) is 2.48. The normalized spacial score (nSPS) is 19.1. The standard InChI is InChI=1S/C10H16N4/c1-4-12-10(13-5-1)9-14-7-2-3-11-6-8-14/h1,4-5,11H,2-3,6-9H2. The molecular weight excluding hydrogens is 176 g/mol. The third kappa shape index (κ3) is 2.75. The summed E-state index contributed by atoms with van der Waals surface area (Å²) in [5.74, 6) is 0.925. The van der Waals surface area contributed by atoms with Gasteiger partial charge in [0.15, 0.2) is 0 Å². The quantitative estimate of drug-likeness (QED) is 0.730. The highest BCUT2D eigenvalue weighted by molar-refractivity contribution is 4.88. The van der Waals surface area contributed by atoms with Crippen molar-refractivity contribution in [2.45, 2.75) is 13.0 Å². The van der Waals surface area contributed by atoms with E-state index in [0.717, 1.165) is 38.5 Å². The summed E-state index contributed by atoms with van der Waals surface area (Å²) in [6.45, 7) is 5.32. The van der Waals surface area contributed by atoms with Gasteiger partial charge in [-0.3, -0.25) is 4.90 Å². The maximum Gasteiger partial charge on any atom is 0.142 e. The first kappa shape index (κ1) is 9.55. The molecule has 0 bridgehead atoms. The highest BCUT2D eigenvalue weighted by Gasteiger charge is 2.09. The molecular formula is C10H16N4. The van der Waals surface area contributed by atoms with Crippen molar-refractivity contribution in [3.8, 4) is 0 Å². The first-order valence-electron chi connectivity index (χ1n) is 5.14.